The summed E-state index contributed by atoms with van der Waals surface area (Å²) >= 11 is 0. The molecule has 1 aromatic rings. The lowest BCUT2D eigenvalue weighted by molar-refractivity contribution is 0.0468. The minimum atomic E-state index is -3.27. The number of benzene rings is 1. The van der Waals surface area contributed by atoms with E-state index in [0.717, 1.165) is 11.1 Å². The molecule has 166 valence electrons. The highest BCUT2D eigenvalue weighted by Crippen LogP contribution is 2.19. The third kappa shape index (κ3) is 10.6. The van der Waals surface area contributed by atoms with Crippen LogP contribution in [0.1, 0.15) is 49.7 Å². The molecule has 0 aromatic heterocycles. The van der Waals surface area contributed by atoms with Gasteiger partial charge in [0.05, 0.1) is 18.5 Å². The summed E-state index contributed by atoms with van der Waals surface area (Å²) in [5, 5.41) is 6.52. The van der Waals surface area contributed by atoms with Gasteiger partial charge in [-0.2, -0.15) is 0 Å². The lowest BCUT2D eigenvalue weighted by Crippen LogP contribution is -2.39. The number of nitrogens with zero attached hydrogens (tertiary/aromatic N) is 1. The van der Waals surface area contributed by atoms with Crippen LogP contribution in [0.5, 0.6) is 0 Å². The van der Waals surface area contributed by atoms with Gasteiger partial charge < -0.3 is 15.4 Å². The Bertz CT molecular complexity index is 720. The van der Waals surface area contributed by atoms with Crippen molar-refractivity contribution >= 4 is 40.0 Å². The van der Waals surface area contributed by atoms with Crippen molar-refractivity contribution in [2.75, 3.05) is 27.2 Å². The Balaban J connectivity index is 0.00000420. The third-order valence-electron chi connectivity index (χ3n) is 4.89. The first-order valence-corrected chi connectivity index (χ1v) is 11.7. The minimum absolute atomic E-state index is 0. The normalized spacial score (nSPS) is 16.0. The van der Waals surface area contributed by atoms with Crippen molar-refractivity contribution in [3.63, 3.8) is 0 Å². The molecular weight excluding hydrogens is 503 g/mol. The summed E-state index contributed by atoms with van der Waals surface area (Å²) < 4.78 is 31.7. The van der Waals surface area contributed by atoms with Gasteiger partial charge in [-0.3, -0.25) is 4.99 Å². The molecule has 1 saturated carbocycles. The van der Waals surface area contributed by atoms with E-state index in [-0.39, 0.29) is 29.7 Å². The molecule has 2 rings (SSSR count). The van der Waals surface area contributed by atoms with E-state index in [2.05, 4.69) is 20.3 Å². The zero-order chi connectivity index (χ0) is 20.2. The number of ether oxygens (including phenoxy) is 1. The van der Waals surface area contributed by atoms with Crippen LogP contribution in [0.4, 0.5) is 0 Å². The minimum Gasteiger partial charge on any atom is -0.376 e. The van der Waals surface area contributed by atoms with Crippen LogP contribution >= 0.6 is 24.0 Å². The summed E-state index contributed by atoms with van der Waals surface area (Å²) in [7, 11) is -0.112. The molecule has 1 aromatic carbocycles. The summed E-state index contributed by atoms with van der Waals surface area (Å²) in [5.41, 5.74) is 1.76. The SMILES string of the molecule is CN=C(NCCOC1CCCCCC1)NCc1cccc(CS(=O)(=O)NC)c1.I. The number of rotatable bonds is 9. The van der Waals surface area contributed by atoms with E-state index in [1.54, 1.807) is 7.05 Å². The molecule has 0 aliphatic heterocycles. The summed E-state index contributed by atoms with van der Waals surface area (Å²) in [6.07, 6.45) is 7.95. The first-order valence-electron chi connectivity index (χ1n) is 10.1. The molecule has 29 heavy (non-hydrogen) atoms. The summed E-state index contributed by atoms with van der Waals surface area (Å²) in [4.78, 5) is 4.23. The maximum atomic E-state index is 11.7. The Morgan fingerprint density at radius 3 is 2.48 bits per heavy atom. The van der Waals surface area contributed by atoms with Crippen LogP contribution in [0.2, 0.25) is 0 Å². The molecule has 1 aliphatic rings. The summed E-state index contributed by atoms with van der Waals surface area (Å²) in [6.45, 7) is 1.94. The smallest absolute Gasteiger partial charge is 0.215 e. The molecule has 7 nitrogen and oxygen atoms in total. The Morgan fingerprint density at radius 1 is 1.14 bits per heavy atom. The Kier molecular flexibility index (Phi) is 12.8. The molecule has 0 amide bonds. The zero-order valence-electron chi connectivity index (χ0n) is 17.4. The van der Waals surface area contributed by atoms with Crippen molar-refractivity contribution in [3.8, 4) is 0 Å². The Hall–Kier alpha value is -0.910. The predicted octanol–water partition coefficient (Wildman–Crippen LogP) is 2.76. The number of halogens is 1. The highest BCUT2D eigenvalue weighted by atomic mass is 127. The van der Waals surface area contributed by atoms with Gasteiger partial charge in [0.2, 0.25) is 10.0 Å². The van der Waals surface area contributed by atoms with E-state index >= 15 is 0 Å². The van der Waals surface area contributed by atoms with E-state index in [1.807, 2.05) is 24.3 Å². The van der Waals surface area contributed by atoms with Gasteiger partial charge >= 0.3 is 0 Å². The molecular formula is C20H35IN4O3S. The van der Waals surface area contributed by atoms with Gasteiger partial charge in [-0.1, -0.05) is 49.9 Å². The van der Waals surface area contributed by atoms with E-state index in [0.29, 0.717) is 31.8 Å². The van der Waals surface area contributed by atoms with Crippen molar-refractivity contribution in [1.29, 1.82) is 0 Å². The van der Waals surface area contributed by atoms with Crippen LogP contribution in [0.3, 0.4) is 0 Å². The van der Waals surface area contributed by atoms with Crippen LogP contribution in [0.25, 0.3) is 0 Å². The number of hydrogen-bond donors (Lipinski definition) is 3. The molecule has 0 bridgehead atoms. The molecule has 0 atom stereocenters. The fourth-order valence-electron chi connectivity index (χ4n) is 3.33. The lowest BCUT2D eigenvalue weighted by atomic mass is 10.1. The lowest BCUT2D eigenvalue weighted by Gasteiger charge is -2.17. The molecule has 9 heteroatoms. The van der Waals surface area contributed by atoms with Crippen molar-refractivity contribution in [1.82, 2.24) is 15.4 Å². The second-order valence-electron chi connectivity index (χ2n) is 7.12. The van der Waals surface area contributed by atoms with Gasteiger partial charge in [0, 0.05) is 20.1 Å². The number of aliphatic imine (C=N–C) groups is 1. The second-order valence-corrected chi connectivity index (χ2v) is 9.05. The molecule has 0 spiro atoms. The highest BCUT2D eigenvalue weighted by Gasteiger charge is 2.12. The molecule has 0 unspecified atom stereocenters. The Labute approximate surface area is 192 Å². The van der Waals surface area contributed by atoms with Crippen molar-refractivity contribution < 1.29 is 13.2 Å². The largest absolute Gasteiger partial charge is 0.376 e. The number of sulfonamides is 1. The molecule has 3 N–H and O–H groups in total. The first-order chi connectivity index (χ1) is 13.5. The number of nitrogens with one attached hydrogen (secondary N) is 3. The average Bonchev–Trinajstić information content (AvgIpc) is 2.96. The average molecular weight is 538 g/mol. The number of hydrogen-bond acceptors (Lipinski definition) is 4. The standard InChI is InChI=1S/C20H34N4O3S.HI/c1-21-20(23-12-13-27-19-10-5-3-4-6-11-19)24-15-17-8-7-9-18(14-17)16-28(25,26)22-2;/h7-9,14,19,22H,3-6,10-13,15-16H2,1-2H3,(H2,21,23,24);1H. The van der Waals surface area contributed by atoms with Gasteiger partial charge in [0.15, 0.2) is 5.96 Å². The molecule has 1 aliphatic carbocycles. The summed E-state index contributed by atoms with van der Waals surface area (Å²) in [6, 6.07) is 7.54. The fourth-order valence-corrected chi connectivity index (χ4v) is 4.09. The van der Waals surface area contributed by atoms with Gasteiger partial charge in [-0.25, -0.2) is 13.1 Å². The van der Waals surface area contributed by atoms with E-state index in [4.69, 9.17) is 4.74 Å². The van der Waals surface area contributed by atoms with E-state index in [9.17, 15) is 8.42 Å². The summed E-state index contributed by atoms with van der Waals surface area (Å²) in [5.74, 6) is 0.681. The van der Waals surface area contributed by atoms with E-state index < -0.39 is 10.0 Å². The van der Waals surface area contributed by atoms with Crippen LogP contribution in [-0.2, 0) is 27.1 Å². The van der Waals surface area contributed by atoms with Gasteiger partial charge in [-0.15, -0.1) is 24.0 Å². The van der Waals surface area contributed by atoms with Crippen LogP contribution in [0, 0.1) is 0 Å². The predicted molar refractivity (Wildman–Crippen MR) is 129 cm³/mol. The van der Waals surface area contributed by atoms with Crippen molar-refractivity contribution in [3.05, 3.63) is 35.4 Å². The van der Waals surface area contributed by atoms with Crippen molar-refractivity contribution in [2.45, 2.75) is 56.9 Å². The fraction of sp³-hybridized carbons (Fsp3) is 0.650. The van der Waals surface area contributed by atoms with Crippen LogP contribution < -0.4 is 15.4 Å². The zero-order valence-corrected chi connectivity index (χ0v) is 20.6. The van der Waals surface area contributed by atoms with Gasteiger partial charge in [0.25, 0.3) is 0 Å². The molecule has 1 fully saturated rings. The monoisotopic (exact) mass is 538 g/mol. The van der Waals surface area contributed by atoms with Gasteiger partial charge in [-0.05, 0) is 31.0 Å². The number of guanidine groups is 1. The maximum absolute atomic E-state index is 11.7. The van der Waals surface area contributed by atoms with E-state index in [1.165, 1.54) is 45.6 Å². The molecule has 0 heterocycles. The highest BCUT2D eigenvalue weighted by molar-refractivity contribution is 14.0. The Morgan fingerprint density at radius 2 is 1.83 bits per heavy atom. The quantitative estimate of drug-likeness (QED) is 0.148. The topological polar surface area (TPSA) is 91.8 Å². The maximum Gasteiger partial charge on any atom is 0.215 e. The first kappa shape index (κ1) is 26.1. The van der Waals surface area contributed by atoms with Crippen molar-refractivity contribution in [2.24, 2.45) is 4.99 Å². The second kappa shape index (κ2) is 14.2. The van der Waals surface area contributed by atoms with Crippen LogP contribution in [0.15, 0.2) is 29.3 Å². The van der Waals surface area contributed by atoms with Crippen LogP contribution in [-0.4, -0.2) is 47.7 Å². The molecule has 0 radical (unpaired) electrons. The van der Waals surface area contributed by atoms with Gasteiger partial charge in [0.1, 0.15) is 0 Å². The third-order valence-corrected chi connectivity index (χ3v) is 6.23. The molecule has 0 saturated heterocycles.